The summed E-state index contributed by atoms with van der Waals surface area (Å²) in [6.45, 7) is 15.2. The first-order chi connectivity index (χ1) is 17.8. The van der Waals surface area contributed by atoms with E-state index in [0.29, 0.717) is 12.4 Å². The number of hydrogen-bond donors (Lipinski definition) is 0. The molecule has 0 amide bonds. The number of carbonyl (C=O) groups is 1. The predicted molar refractivity (Wildman–Crippen MR) is 156 cm³/mol. The molecule has 0 N–H and O–H groups in total. The molecule has 0 saturated carbocycles. The van der Waals surface area contributed by atoms with Gasteiger partial charge in [0, 0.05) is 5.41 Å². The van der Waals surface area contributed by atoms with Gasteiger partial charge in [0.15, 0.2) is 12.4 Å². The molecule has 2 aromatic carbocycles. The van der Waals surface area contributed by atoms with E-state index in [1.165, 1.54) is 11.8 Å². The second-order valence-corrected chi connectivity index (χ2v) is 11.2. The molecule has 0 heterocycles. The van der Waals surface area contributed by atoms with Crippen molar-refractivity contribution >= 4 is 35.0 Å². The van der Waals surface area contributed by atoms with Crippen LogP contribution in [0.5, 0.6) is 11.5 Å². The standard InChI is InChI=1S/C30H35ClN2O4S/c1-9-10-24(33-20(2)38-8)18-35-25-13-11-22(12-14-25)30(6,7)23-15-21(17-32)28(26(31)16-23)36-19-27(34)37-29(3,4)5/h9-16H,2,18-19H2,1,3-8H3/b10-9-,33-24+. The highest BCUT2D eigenvalue weighted by molar-refractivity contribution is 8.02. The molecule has 0 aliphatic carbocycles. The molecule has 0 saturated heterocycles. The first-order valence-corrected chi connectivity index (χ1v) is 13.7. The molecular formula is C30H35ClN2O4S. The van der Waals surface area contributed by atoms with E-state index in [0.717, 1.165) is 21.9 Å². The lowest BCUT2D eigenvalue weighted by Gasteiger charge is -2.27. The Morgan fingerprint density at radius 3 is 2.32 bits per heavy atom. The van der Waals surface area contributed by atoms with Crippen molar-refractivity contribution in [1.82, 2.24) is 0 Å². The molecule has 0 radical (unpaired) electrons. The summed E-state index contributed by atoms with van der Waals surface area (Å²) in [5.41, 5.74) is 1.74. The van der Waals surface area contributed by atoms with Gasteiger partial charge < -0.3 is 14.2 Å². The average Bonchev–Trinajstić information content (AvgIpc) is 2.85. The van der Waals surface area contributed by atoms with Crippen LogP contribution in [0, 0.1) is 11.3 Å². The molecule has 2 aromatic rings. The molecule has 0 aliphatic rings. The van der Waals surface area contributed by atoms with E-state index in [1.54, 1.807) is 32.9 Å². The fourth-order valence-electron chi connectivity index (χ4n) is 3.49. The van der Waals surface area contributed by atoms with Gasteiger partial charge in [-0.2, -0.15) is 5.26 Å². The van der Waals surface area contributed by atoms with E-state index in [9.17, 15) is 10.1 Å². The minimum absolute atomic E-state index is 0.158. The van der Waals surface area contributed by atoms with Crippen LogP contribution in [0.2, 0.25) is 5.02 Å². The van der Waals surface area contributed by atoms with Gasteiger partial charge in [-0.1, -0.05) is 50.2 Å². The second kappa shape index (κ2) is 13.5. The summed E-state index contributed by atoms with van der Waals surface area (Å²) in [7, 11) is 0. The number of ether oxygens (including phenoxy) is 3. The summed E-state index contributed by atoms with van der Waals surface area (Å²) in [6, 6.07) is 13.4. The molecule has 0 fully saturated rings. The van der Waals surface area contributed by atoms with Crippen molar-refractivity contribution in [2.75, 3.05) is 19.5 Å². The van der Waals surface area contributed by atoms with E-state index < -0.39 is 17.0 Å². The fourth-order valence-corrected chi connectivity index (χ4v) is 3.98. The van der Waals surface area contributed by atoms with Crippen molar-refractivity contribution in [1.29, 1.82) is 5.26 Å². The molecule has 6 nitrogen and oxygen atoms in total. The summed E-state index contributed by atoms with van der Waals surface area (Å²) < 4.78 is 16.8. The topological polar surface area (TPSA) is 80.9 Å². The Hall–Kier alpha value is -3.21. The van der Waals surface area contributed by atoms with Crippen molar-refractivity contribution in [3.63, 3.8) is 0 Å². The summed E-state index contributed by atoms with van der Waals surface area (Å²) in [6.07, 6.45) is 5.74. The third-order valence-corrected chi connectivity index (χ3v) is 6.31. The SMILES string of the molecule is C=C(/N=C(\C=C/C)COc1ccc(C(C)(C)c2cc(Cl)c(OCC(=O)OC(C)(C)C)c(C#N)c2)cc1)SC. The minimum Gasteiger partial charge on any atom is -0.487 e. The van der Waals surface area contributed by atoms with Crippen molar-refractivity contribution in [2.24, 2.45) is 4.99 Å². The lowest BCUT2D eigenvalue weighted by atomic mass is 9.77. The molecule has 0 aromatic heterocycles. The monoisotopic (exact) mass is 554 g/mol. The number of rotatable bonds is 11. The van der Waals surface area contributed by atoms with Gasteiger partial charge in [0.05, 0.1) is 21.3 Å². The van der Waals surface area contributed by atoms with E-state index >= 15 is 0 Å². The number of esters is 1. The molecule has 38 heavy (non-hydrogen) atoms. The largest absolute Gasteiger partial charge is 0.487 e. The maximum absolute atomic E-state index is 12.1. The number of thioether (sulfide) groups is 1. The Kier molecular flexibility index (Phi) is 11.1. The van der Waals surface area contributed by atoms with Gasteiger partial charge in [0.1, 0.15) is 24.0 Å². The first-order valence-electron chi connectivity index (χ1n) is 12.1. The fraction of sp³-hybridized carbons (Fsp3) is 0.367. The third kappa shape index (κ3) is 8.97. The highest BCUT2D eigenvalue weighted by Crippen LogP contribution is 2.38. The van der Waals surface area contributed by atoms with E-state index in [1.807, 2.05) is 63.4 Å². The summed E-state index contributed by atoms with van der Waals surface area (Å²) in [4.78, 5) is 16.5. The molecule has 0 bridgehead atoms. The van der Waals surface area contributed by atoms with Crippen LogP contribution in [-0.4, -0.2) is 36.8 Å². The number of carbonyl (C=O) groups excluding carboxylic acids is 1. The van der Waals surface area contributed by atoms with Gasteiger partial charge in [0.25, 0.3) is 0 Å². The lowest BCUT2D eigenvalue weighted by molar-refractivity contribution is -0.157. The molecule has 0 unspecified atom stereocenters. The molecular weight excluding hydrogens is 520 g/mol. The van der Waals surface area contributed by atoms with Gasteiger partial charge >= 0.3 is 5.97 Å². The zero-order valence-corrected chi connectivity index (χ0v) is 24.6. The Bertz CT molecular complexity index is 1250. The molecule has 202 valence electrons. The summed E-state index contributed by atoms with van der Waals surface area (Å²) >= 11 is 8.00. The first kappa shape index (κ1) is 31.0. The molecule has 8 heteroatoms. The number of nitriles is 1. The number of benzene rings is 2. The maximum atomic E-state index is 12.1. The zero-order chi connectivity index (χ0) is 28.5. The predicted octanol–water partition coefficient (Wildman–Crippen LogP) is 7.49. The Morgan fingerprint density at radius 1 is 1.11 bits per heavy atom. The van der Waals surface area contributed by atoms with E-state index in [4.69, 9.17) is 25.8 Å². The van der Waals surface area contributed by atoms with Gasteiger partial charge in [-0.3, -0.25) is 0 Å². The Balaban J connectivity index is 2.22. The van der Waals surface area contributed by atoms with Crippen molar-refractivity contribution < 1.29 is 19.0 Å². The van der Waals surface area contributed by atoms with Gasteiger partial charge in [-0.25, -0.2) is 9.79 Å². The number of aliphatic imine (C=N–C) groups is 1. The van der Waals surface area contributed by atoms with E-state index in [2.05, 4.69) is 17.6 Å². The van der Waals surface area contributed by atoms with Gasteiger partial charge in [0.2, 0.25) is 0 Å². The van der Waals surface area contributed by atoms with E-state index in [-0.39, 0.29) is 22.9 Å². The number of nitrogens with zero attached hydrogens (tertiary/aromatic N) is 2. The number of halogens is 1. The number of allylic oxidation sites excluding steroid dienone is 1. The second-order valence-electron chi connectivity index (χ2n) is 9.96. The maximum Gasteiger partial charge on any atom is 0.344 e. The van der Waals surface area contributed by atoms with Crippen LogP contribution in [0.3, 0.4) is 0 Å². The Labute approximate surface area is 235 Å². The Morgan fingerprint density at radius 2 is 1.76 bits per heavy atom. The molecule has 0 spiro atoms. The zero-order valence-electron chi connectivity index (χ0n) is 23.1. The summed E-state index contributed by atoms with van der Waals surface area (Å²) in [5, 5.41) is 10.7. The molecule has 0 atom stereocenters. The van der Waals surface area contributed by atoms with Gasteiger partial charge in [-0.15, -0.1) is 11.8 Å². The van der Waals surface area contributed by atoms with Crippen molar-refractivity contribution in [3.8, 4) is 17.6 Å². The van der Waals surface area contributed by atoms with Crippen LogP contribution in [0.1, 0.15) is 58.2 Å². The quantitative estimate of drug-likeness (QED) is 0.211. The van der Waals surface area contributed by atoms with Crippen LogP contribution >= 0.6 is 23.4 Å². The molecule has 2 rings (SSSR count). The van der Waals surface area contributed by atoms with Crippen LogP contribution in [0.4, 0.5) is 0 Å². The lowest BCUT2D eigenvalue weighted by Crippen LogP contribution is -2.27. The number of hydrogen-bond acceptors (Lipinski definition) is 7. The molecule has 0 aliphatic heterocycles. The van der Waals surface area contributed by atoms with Crippen LogP contribution in [0.15, 0.2) is 65.2 Å². The summed E-state index contributed by atoms with van der Waals surface area (Å²) in [5.74, 6) is 0.326. The minimum atomic E-state index is -0.636. The highest BCUT2D eigenvalue weighted by atomic mass is 35.5. The van der Waals surface area contributed by atoms with Crippen LogP contribution in [-0.2, 0) is 14.9 Å². The average molecular weight is 555 g/mol. The smallest absolute Gasteiger partial charge is 0.344 e. The van der Waals surface area contributed by atoms with Crippen molar-refractivity contribution in [3.05, 3.63) is 81.9 Å². The third-order valence-electron chi connectivity index (χ3n) is 5.47. The van der Waals surface area contributed by atoms with Gasteiger partial charge in [-0.05, 0) is 75.4 Å². The normalized spacial score (nSPS) is 12.2. The van der Waals surface area contributed by atoms with Crippen molar-refractivity contribution in [2.45, 2.75) is 52.6 Å². The van der Waals surface area contributed by atoms with Crippen LogP contribution in [0.25, 0.3) is 0 Å². The van der Waals surface area contributed by atoms with Crippen LogP contribution < -0.4 is 9.47 Å². The highest BCUT2D eigenvalue weighted by Gasteiger charge is 2.26.